The molecule has 26 heavy (non-hydrogen) atoms. The maximum absolute atomic E-state index is 12.1. The lowest BCUT2D eigenvalue weighted by Crippen LogP contribution is -2.47. The maximum Gasteiger partial charge on any atom is 0.325 e. The van der Waals surface area contributed by atoms with Gasteiger partial charge in [-0.3, -0.25) is 14.5 Å². The third kappa shape index (κ3) is 3.92. The normalized spacial score (nSPS) is 17.5. The Balaban J connectivity index is 2.03. The molecule has 0 bridgehead atoms. The number of fused-ring (bicyclic) bond motifs is 1. The Morgan fingerprint density at radius 2 is 1.88 bits per heavy atom. The van der Waals surface area contributed by atoms with Crippen LogP contribution in [-0.2, 0) is 16.1 Å². The quantitative estimate of drug-likeness (QED) is 0.740. The van der Waals surface area contributed by atoms with E-state index in [0.29, 0.717) is 19.6 Å². The van der Waals surface area contributed by atoms with Gasteiger partial charge in [0.2, 0.25) is 0 Å². The SMILES string of the molecule is CN1CCN([C@H](C(=O)O)c2cn(CCC(=O)O)c3cc(Br)ccc23)CC1. The highest BCUT2D eigenvalue weighted by atomic mass is 79.9. The Bertz CT molecular complexity index is 827. The van der Waals surface area contributed by atoms with Crippen molar-refractivity contribution in [3.63, 3.8) is 0 Å². The highest BCUT2D eigenvalue weighted by molar-refractivity contribution is 9.10. The van der Waals surface area contributed by atoms with Crippen LogP contribution in [0.4, 0.5) is 0 Å². The number of benzene rings is 1. The van der Waals surface area contributed by atoms with Gasteiger partial charge in [0.1, 0.15) is 6.04 Å². The highest BCUT2D eigenvalue weighted by Gasteiger charge is 2.32. The molecule has 0 aliphatic carbocycles. The fourth-order valence-electron chi connectivity index (χ4n) is 3.48. The van der Waals surface area contributed by atoms with Gasteiger partial charge in [-0.05, 0) is 19.2 Å². The molecule has 0 spiro atoms. The number of likely N-dealkylation sites (N-methyl/N-ethyl adjacent to an activating group) is 1. The number of aromatic nitrogens is 1. The molecule has 1 saturated heterocycles. The largest absolute Gasteiger partial charge is 0.481 e. The van der Waals surface area contributed by atoms with E-state index in [0.717, 1.165) is 34.0 Å². The topological polar surface area (TPSA) is 86.0 Å². The Kier molecular flexibility index (Phi) is 5.64. The number of hydrogen-bond acceptors (Lipinski definition) is 4. The zero-order valence-electron chi connectivity index (χ0n) is 14.6. The minimum absolute atomic E-state index is 0.0119. The van der Waals surface area contributed by atoms with E-state index in [1.165, 1.54) is 0 Å². The van der Waals surface area contributed by atoms with Crippen molar-refractivity contribution in [1.82, 2.24) is 14.4 Å². The van der Waals surface area contributed by atoms with E-state index in [1.807, 2.05) is 34.7 Å². The van der Waals surface area contributed by atoms with Crippen molar-refractivity contribution in [1.29, 1.82) is 0 Å². The molecule has 140 valence electrons. The van der Waals surface area contributed by atoms with Crippen LogP contribution in [-0.4, -0.2) is 69.7 Å². The standard InChI is InChI=1S/C18H22BrN3O4/c1-20-6-8-21(9-7-20)17(18(25)26)14-11-22(5-4-16(23)24)15-10-12(19)2-3-13(14)15/h2-3,10-11,17H,4-9H2,1H3,(H,23,24)(H,25,26)/t17-/m0/s1. The van der Waals surface area contributed by atoms with Crippen LogP contribution in [0, 0.1) is 0 Å². The van der Waals surface area contributed by atoms with Crippen molar-refractivity contribution in [2.45, 2.75) is 19.0 Å². The summed E-state index contributed by atoms with van der Waals surface area (Å²) in [6.07, 6.45) is 1.79. The van der Waals surface area contributed by atoms with Crippen molar-refractivity contribution >= 4 is 38.8 Å². The molecule has 3 rings (SSSR count). The van der Waals surface area contributed by atoms with Crippen LogP contribution in [0.15, 0.2) is 28.9 Å². The Labute approximate surface area is 159 Å². The molecular weight excluding hydrogens is 402 g/mol. The zero-order valence-corrected chi connectivity index (χ0v) is 16.1. The first-order valence-corrected chi connectivity index (χ1v) is 9.31. The van der Waals surface area contributed by atoms with Crippen molar-refractivity contribution < 1.29 is 19.8 Å². The molecule has 7 nitrogen and oxygen atoms in total. The van der Waals surface area contributed by atoms with E-state index >= 15 is 0 Å². The summed E-state index contributed by atoms with van der Waals surface area (Å²) in [7, 11) is 2.03. The first kappa shape index (κ1) is 18.9. The minimum Gasteiger partial charge on any atom is -0.481 e. The van der Waals surface area contributed by atoms with Gasteiger partial charge in [0.15, 0.2) is 0 Å². The smallest absolute Gasteiger partial charge is 0.325 e. The van der Waals surface area contributed by atoms with Crippen LogP contribution in [0.3, 0.4) is 0 Å². The lowest BCUT2D eigenvalue weighted by molar-refractivity contribution is -0.144. The summed E-state index contributed by atoms with van der Waals surface area (Å²) in [5, 5.41) is 19.8. The molecule has 2 N–H and O–H groups in total. The van der Waals surface area contributed by atoms with Gasteiger partial charge >= 0.3 is 11.9 Å². The summed E-state index contributed by atoms with van der Waals surface area (Å²) in [6.45, 7) is 3.33. The molecule has 1 aromatic heterocycles. The number of carbonyl (C=O) groups is 2. The zero-order chi connectivity index (χ0) is 18.8. The number of carboxylic acids is 2. The van der Waals surface area contributed by atoms with Gasteiger partial charge in [0.25, 0.3) is 0 Å². The third-order valence-electron chi connectivity index (χ3n) is 4.87. The van der Waals surface area contributed by atoms with Crippen LogP contribution in [0.25, 0.3) is 10.9 Å². The van der Waals surface area contributed by atoms with Crippen LogP contribution in [0.2, 0.25) is 0 Å². The average Bonchev–Trinajstić information content (AvgIpc) is 2.92. The number of carboxylic acid groups (broad SMARTS) is 2. The van der Waals surface area contributed by atoms with E-state index in [4.69, 9.17) is 5.11 Å². The van der Waals surface area contributed by atoms with Gasteiger partial charge in [0.05, 0.1) is 6.42 Å². The molecule has 1 aliphatic heterocycles. The number of hydrogen-bond donors (Lipinski definition) is 2. The minimum atomic E-state index is -0.880. The summed E-state index contributed by atoms with van der Waals surface area (Å²) in [5.74, 6) is -1.76. The third-order valence-corrected chi connectivity index (χ3v) is 5.37. The second kappa shape index (κ2) is 7.77. The molecule has 8 heteroatoms. The molecule has 1 aromatic carbocycles. The summed E-state index contributed by atoms with van der Waals surface area (Å²) in [6, 6.07) is 4.95. The molecule has 2 heterocycles. The Morgan fingerprint density at radius 3 is 2.50 bits per heavy atom. The molecular formula is C18H22BrN3O4. The van der Waals surface area contributed by atoms with Gasteiger partial charge in [-0.1, -0.05) is 22.0 Å². The van der Waals surface area contributed by atoms with Crippen LogP contribution in [0.5, 0.6) is 0 Å². The fourth-order valence-corrected chi connectivity index (χ4v) is 3.83. The first-order valence-electron chi connectivity index (χ1n) is 8.52. The lowest BCUT2D eigenvalue weighted by atomic mass is 10.0. The summed E-state index contributed by atoms with van der Waals surface area (Å²) < 4.78 is 2.72. The highest BCUT2D eigenvalue weighted by Crippen LogP contribution is 2.33. The number of aliphatic carboxylic acids is 2. The summed E-state index contributed by atoms with van der Waals surface area (Å²) >= 11 is 3.44. The van der Waals surface area contributed by atoms with Crippen LogP contribution in [0.1, 0.15) is 18.0 Å². The van der Waals surface area contributed by atoms with Crippen molar-refractivity contribution in [3.05, 3.63) is 34.4 Å². The van der Waals surface area contributed by atoms with Crippen LogP contribution >= 0.6 is 15.9 Å². The van der Waals surface area contributed by atoms with E-state index < -0.39 is 18.0 Å². The number of nitrogens with zero attached hydrogens (tertiary/aromatic N) is 3. The maximum atomic E-state index is 12.1. The van der Waals surface area contributed by atoms with E-state index in [9.17, 15) is 14.7 Å². The van der Waals surface area contributed by atoms with E-state index in [1.54, 1.807) is 6.20 Å². The molecule has 1 fully saturated rings. The molecule has 2 aromatic rings. The lowest BCUT2D eigenvalue weighted by Gasteiger charge is -2.36. The Hall–Kier alpha value is -1.90. The predicted molar refractivity (Wildman–Crippen MR) is 101 cm³/mol. The van der Waals surface area contributed by atoms with Crippen LogP contribution < -0.4 is 0 Å². The summed E-state index contributed by atoms with van der Waals surface area (Å²) in [5.41, 5.74) is 1.56. The predicted octanol–water partition coefficient (Wildman–Crippen LogP) is 2.25. The monoisotopic (exact) mass is 423 g/mol. The number of halogens is 1. The molecule has 1 aliphatic rings. The van der Waals surface area contributed by atoms with Gasteiger partial charge in [0, 0.05) is 59.9 Å². The van der Waals surface area contributed by atoms with E-state index in [2.05, 4.69) is 20.8 Å². The molecule has 1 atom stereocenters. The summed E-state index contributed by atoms with van der Waals surface area (Å²) in [4.78, 5) is 27.2. The van der Waals surface area contributed by atoms with Crippen molar-refractivity contribution in [3.8, 4) is 0 Å². The van der Waals surface area contributed by atoms with E-state index in [-0.39, 0.29) is 6.42 Å². The van der Waals surface area contributed by atoms with Gasteiger partial charge in [-0.25, -0.2) is 0 Å². The Morgan fingerprint density at radius 1 is 1.19 bits per heavy atom. The fraction of sp³-hybridized carbons (Fsp3) is 0.444. The number of piperazine rings is 1. The number of aryl methyl sites for hydroxylation is 1. The molecule has 0 radical (unpaired) electrons. The first-order chi connectivity index (χ1) is 12.4. The number of rotatable bonds is 6. The van der Waals surface area contributed by atoms with Gasteiger partial charge in [-0.15, -0.1) is 0 Å². The second-order valence-electron chi connectivity index (χ2n) is 6.66. The average molecular weight is 424 g/mol. The van der Waals surface area contributed by atoms with Gasteiger partial charge in [-0.2, -0.15) is 0 Å². The molecule has 0 saturated carbocycles. The van der Waals surface area contributed by atoms with Gasteiger partial charge < -0.3 is 19.7 Å². The van der Waals surface area contributed by atoms with Crippen molar-refractivity contribution in [2.75, 3.05) is 33.2 Å². The molecule has 0 unspecified atom stereocenters. The molecule has 0 amide bonds. The second-order valence-corrected chi connectivity index (χ2v) is 7.58. The van der Waals surface area contributed by atoms with Crippen molar-refractivity contribution in [2.24, 2.45) is 0 Å².